The highest BCUT2D eigenvalue weighted by atomic mass is 16.6. The van der Waals surface area contributed by atoms with Crippen molar-refractivity contribution >= 4 is 17.8 Å². The Morgan fingerprint density at radius 1 is 1.17 bits per heavy atom. The summed E-state index contributed by atoms with van der Waals surface area (Å²) >= 11 is 0. The molecule has 0 aromatic rings. The number of nitrogens with one attached hydrogen (secondary N) is 2. The molecule has 5 N–H and O–H groups in total. The first-order valence-corrected chi connectivity index (χ1v) is 14.5. The van der Waals surface area contributed by atoms with E-state index in [9.17, 15) is 19.5 Å². The molecule has 1 spiro atoms. The van der Waals surface area contributed by atoms with Crippen molar-refractivity contribution in [2.24, 2.45) is 11.7 Å². The predicted octanol–water partition coefficient (Wildman–Crippen LogP) is 1.44. The molecule has 3 aliphatic heterocycles. The van der Waals surface area contributed by atoms with E-state index >= 15 is 0 Å². The highest BCUT2D eigenvalue weighted by Gasteiger charge is 2.58. The first-order chi connectivity index (χ1) is 19.3. The van der Waals surface area contributed by atoms with Gasteiger partial charge < -0.3 is 40.4 Å². The van der Waals surface area contributed by atoms with Gasteiger partial charge in [-0.2, -0.15) is 0 Å². The van der Waals surface area contributed by atoms with Gasteiger partial charge >= 0.3 is 5.97 Å². The molecule has 2 amide bonds. The third-order valence-corrected chi connectivity index (χ3v) is 7.84. The average Bonchev–Trinajstić information content (AvgIpc) is 3.67. The van der Waals surface area contributed by atoms with Gasteiger partial charge in [0.25, 0.3) is 0 Å². The lowest BCUT2D eigenvalue weighted by Crippen LogP contribution is -2.53. The van der Waals surface area contributed by atoms with Crippen molar-refractivity contribution in [3.8, 4) is 0 Å². The van der Waals surface area contributed by atoms with Crippen LogP contribution in [0.4, 0.5) is 0 Å². The molecule has 10 atom stereocenters. The van der Waals surface area contributed by atoms with Gasteiger partial charge in [0.1, 0.15) is 23.9 Å². The van der Waals surface area contributed by atoms with Gasteiger partial charge in [0, 0.05) is 26.0 Å². The van der Waals surface area contributed by atoms with Crippen molar-refractivity contribution in [2.45, 2.75) is 115 Å². The lowest BCUT2D eigenvalue weighted by atomic mass is 9.87. The lowest BCUT2D eigenvalue weighted by molar-refractivity contribution is -0.143. The molecule has 3 heterocycles. The van der Waals surface area contributed by atoms with E-state index in [0.717, 1.165) is 12.0 Å². The number of rotatable bonds is 11. The van der Waals surface area contributed by atoms with Crippen molar-refractivity contribution < 1.29 is 38.4 Å². The summed E-state index contributed by atoms with van der Waals surface area (Å²) in [6, 6.07) is -0.728. The van der Waals surface area contributed by atoms with E-state index in [2.05, 4.69) is 23.6 Å². The maximum Gasteiger partial charge on any atom is 0.303 e. The molecule has 3 saturated heterocycles. The van der Waals surface area contributed by atoms with Crippen LogP contribution >= 0.6 is 0 Å². The number of carbonyl (C=O) groups excluding carboxylic acids is 3. The van der Waals surface area contributed by atoms with Gasteiger partial charge in [-0.3, -0.25) is 14.4 Å². The molecule has 2 unspecified atom stereocenters. The van der Waals surface area contributed by atoms with Crippen LogP contribution in [0.5, 0.6) is 0 Å². The summed E-state index contributed by atoms with van der Waals surface area (Å²) in [6.45, 7) is 11.5. The van der Waals surface area contributed by atoms with E-state index in [0.29, 0.717) is 26.0 Å². The van der Waals surface area contributed by atoms with E-state index in [-0.39, 0.29) is 42.1 Å². The number of esters is 1. The number of carbonyl (C=O) groups is 3. The van der Waals surface area contributed by atoms with Crippen LogP contribution in [-0.2, 0) is 33.3 Å². The van der Waals surface area contributed by atoms with Gasteiger partial charge in [-0.15, -0.1) is 0 Å². The Morgan fingerprint density at radius 2 is 1.88 bits per heavy atom. The summed E-state index contributed by atoms with van der Waals surface area (Å²) in [7, 11) is 0. The number of epoxide rings is 1. The molecule has 3 rings (SSSR count). The minimum absolute atomic E-state index is 0.00128. The normalized spacial score (nSPS) is 35.3. The Labute approximate surface area is 242 Å². The molecule has 3 fully saturated rings. The van der Waals surface area contributed by atoms with Crippen molar-refractivity contribution in [3.05, 3.63) is 36.0 Å². The van der Waals surface area contributed by atoms with Crippen LogP contribution < -0.4 is 16.4 Å². The second-order valence-corrected chi connectivity index (χ2v) is 11.7. The molecule has 0 aromatic carbocycles. The van der Waals surface area contributed by atoms with Crippen LogP contribution in [0.3, 0.4) is 0 Å². The number of hydrogen-bond acceptors (Lipinski definition) is 9. The Hall–Kier alpha value is -2.57. The molecule has 41 heavy (non-hydrogen) atoms. The van der Waals surface area contributed by atoms with Crippen LogP contribution in [0.1, 0.15) is 60.8 Å². The Kier molecular flexibility index (Phi) is 11.7. The number of nitrogens with two attached hydrogens (primary N) is 1. The molecule has 11 nitrogen and oxygen atoms in total. The van der Waals surface area contributed by atoms with Crippen molar-refractivity contribution in [1.29, 1.82) is 0 Å². The van der Waals surface area contributed by atoms with E-state index in [1.807, 2.05) is 26.0 Å². The zero-order chi connectivity index (χ0) is 30.3. The SMILES string of the molecule is CC(=O)OC(C)C=CC(=O)N[C@@H]1C[C@H](C)[C@H](CC=C(C)C=C[C@H]2O[C@H](CNC(=O)C(C)N)C[C@@]3(CO3)[C@@H]2O)O[C@@H]1C. The topological polar surface area (TPSA) is 162 Å². The number of aliphatic hydroxyl groups excluding tert-OH is 1. The largest absolute Gasteiger partial charge is 0.459 e. The minimum atomic E-state index is -0.790. The number of aliphatic hydroxyl groups is 1. The first-order valence-electron chi connectivity index (χ1n) is 14.5. The third kappa shape index (κ3) is 9.75. The van der Waals surface area contributed by atoms with Gasteiger partial charge in [0.2, 0.25) is 11.8 Å². The second kappa shape index (κ2) is 14.6. The van der Waals surface area contributed by atoms with Gasteiger partial charge in [-0.25, -0.2) is 0 Å². The molecule has 230 valence electrons. The standard InChI is InChI=1S/C30H47N3O8/c1-17(8-11-26-28(36)30(16-38-30)14-23(41-26)15-32-29(37)20(4)31)7-10-25-18(2)13-24(21(5)40-25)33-27(35)12-9-19(3)39-22(6)34/h7-9,11-12,18-21,23-26,28,36H,10,13-16,31H2,1-6H3,(H,32,37)(H,33,35)/t18-,19?,20?,21+,23-,24+,25-,26+,28+,30+/m0/s1. The van der Waals surface area contributed by atoms with Gasteiger partial charge in [-0.1, -0.05) is 30.7 Å². The lowest BCUT2D eigenvalue weighted by Gasteiger charge is -2.39. The fraction of sp³-hybridized carbons (Fsp3) is 0.700. The number of hydrogen-bond donors (Lipinski definition) is 4. The number of amides is 2. The molecule has 0 radical (unpaired) electrons. The third-order valence-electron chi connectivity index (χ3n) is 7.84. The Morgan fingerprint density at radius 3 is 2.51 bits per heavy atom. The smallest absolute Gasteiger partial charge is 0.303 e. The fourth-order valence-corrected chi connectivity index (χ4v) is 5.26. The molecule has 0 aliphatic carbocycles. The molecular formula is C30H47N3O8. The van der Waals surface area contributed by atoms with Gasteiger partial charge in [0.05, 0.1) is 37.0 Å². The maximum absolute atomic E-state index is 12.4. The van der Waals surface area contributed by atoms with E-state index in [4.69, 9.17) is 24.7 Å². The minimum Gasteiger partial charge on any atom is -0.459 e. The summed E-state index contributed by atoms with van der Waals surface area (Å²) in [4.78, 5) is 35.3. The molecular weight excluding hydrogens is 530 g/mol. The van der Waals surface area contributed by atoms with Crippen molar-refractivity contribution in [3.63, 3.8) is 0 Å². The number of allylic oxidation sites excluding steroid dienone is 2. The monoisotopic (exact) mass is 577 g/mol. The molecule has 0 aromatic heterocycles. The summed E-state index contributed by atoms with van der Waals surface area (Å²) in [6.07, 6.45) is 8.51. The van der Waals surface area contributed by atoms with Crippen LogP contribution in [-0.4, -0.2) is 90.4 Å². The highest BCUT2D eigenvalue weighted by molar-refractivity contribution is 5.87. The average molecular weight is 578 g/mol. The van der Waals surface area contributed by atoms with Gasteiger partial charge in [-0.05, 0) is 52.5 Å². The molecule has 11 heteroatoms. The zero-order valence-electron chi connectivity index (χ0n) is 25.0. The molecule has 0 bridgehead atoms. The van der Waals surface area contributed by atoms with E-state index < -0.39 is 35.9 Å². The van der Waals surface area contributed by atoms with E-state index in [1.54, 1.807) is 19.9 Å². The van der Waals surface area contributed by atoms with E-state index in [1.165, 1.54) is 13.0 Å². The second-order valence-electron chi connectivity index (χ2n) is 11.7. The maximum atomic E-state index is 12.4. The quantitative estimate of drug-likeness (QED) is 0.123. The zero-order valence-corrected chi connectivity index (χ0v) is 25.0. The number of ether oxygens (including phenoxy) is 4. The Bertz CT molecular complexity index is 1020. The summed E-state index contributed by atoms with van der Waals surface area (Å²) < 4.78 is 23.0. The predicted molar refractivity (Wildman–Crippen MR) is 153 cm³/mol. The van der Waals surface area contributed by atoms with Gasteiger partial charge in [0.15, 0.2) is 0 Å². The summed E-state index contributed by atoms with van der Waals surface area (Å²) in [5, 5.41) is 16.6. The molecule has 0 saturated carbocycles. The fourth-order valence-electron chi connectivity index (χ4n) is 5.26. The van der Waals surface area contributed by atoms with Crippen LogP contribution in [0, 0.1) is 5.92 Å². The molecule has 3 aliphatic rings. The first kappa shape index (κ1) is 32.9. The van der Waals surface area contributed by atoms with Crippen molar-refractivity contribution in [2.75, 3.05) is 13.2 Å². The highest BCUT2D eigenvalue weighted by Crippen LogP contribution is 2.42. The summed E-state index contributed by atoms with van der Waals surface area (Å²) in [5.74, 6) is -0.677. The van der Waals surface area contributed by atoms with Crippen LogP contribution in [0.2, 0.25) is 0 Å². The van der Waals surface area contributed by atoms with Crippen LogP contribution in [0.15, 0.2) is 36.0 Å². The van der Waals surface area contributed by atoms with Crippen molar-refractivity contribution in [1.82, 2.24) is 10.6 Å². The summed E-state index contributed by atoms with van der Waals surface area (Å²) in [5.41, 5.74) is 6.01. The van der Waals surface area contributed by atoms with Crippen LogP contribution in [0.25, 0.3) is 0 Å². The Balaban J connectivity index is 1.49.